The van der Waals surface area contributed by atoms with Crippen LogP contribution in [-0.2, 0) is 19.1 Å². The van der Waals surface area contributed by atoms with E-state index in [1.54, 1.807) is 39.1 Å². The highest BCUT2D eigenvalue weighted by Crippen LogP contribution is 2.45. The summed E-state index contributed by atoms with van der Waals surface area (Å²) in [4.78, 5) is 68.5. The standard InChI is InChI=1S/C36H44N6O7S/c1-6-8-9-10-11-15-26(39-34(47)49-35(3,4)5)32(44)42-21-23(19-27(42)30(43)41-36(33(45)46)20-22(36)7-2)48-31-28-24(16-18-50-28)38-29(40-31)25-14-12-13-17-37-25/h6-7,12-14,16-18,22-23,26-27H,1-2,8-11,15,19-21H2,3-5H3,(H,39,47)(H,41,43)(H,45,46)/t22-,23-,26+,27-,36-/m1/s1. The number of hydrogen-bond acceptors (Lipinski definition) is 10. The van der Waals surface area contributed by atoms with Crippen molar-refractivity contribution in [1.82, 2.24) is 30.5 Å². The number of nitrogens with one attached hydrogen (secondary N) is 2. The van der Waals surface area contributed by atoms with Crippen molar-refractivity contribution in [3.8, 4) is 17.4 Å². The van der Waals surface area contributed by atoms with Gasteiger partial charge in [-0.2, -0.15) is 4.98 Å². The maximum absolute atomic E-state index is 14.4. The van der Waals surface area contributed by atoms with Gasteiger partial charge >= 0.3 is 12.1 Å². The van der Waals surface area contributed by atoms with Crippen LogP contribution in [0.25, 0.3) is 21.7 Å². The molecule has 13 nitrogen and oxygen atoms in total. The Hall–Kier alpha value is -4.85. The number of carboxylic acid groups (broad SMARTS) is 1. The zero-order chi connectivity index (χ0) is 36.1. The fourth-order valence-corrected chi connectivity index (χ4v) is 6.86. The smallest absolute Gasteiger partial charge is 0.408 e. The van der Waals surface area contributed by atoms with Crippen molar-refractivity contribution < 1.29 is 33.8 Å². The lowest BCUT2D eigenvalue weighted by atomic mass is 10.0. The zero-order valence-corrected chi connectivity index (χ0v) is 29.4. The van der Waals surface area contributed by atoms with Crippen LogP contribution in [0.3, 0.4) is 0 Å². The molecule has 14 heteroatoms. The molecule has 3 aromatic rings. The number of hydrogen-bond donors (Lipinski definition) is 3. The van der Waals surface area contributed by atoms with Gasteiger partial charge in [0.1, 0.15) is 39.7 Å². The molecule has 0 unspecified atom stereocenters. The lowest BCUT2D eigenvalue weighted by Crippen LogP contribution is -2.56. The van der Waals surface area contributed by atoms with Crippen molar-refractivity contribution in [2.45, 2.75) is 95.0 Å². The molecule has 4 heterocycles. The Morgan fingerprint density at radius 2 is 1.96 bits per heavy atom. The number of alkyl carbamates (subject to hydrolysis) is 1. The summed E-state index contributed by atoms with van der Waals surface area (Å²) < 4.78 is 12.6. The summed E-state index contributed by atoms with van der Waals surface area (Å²) in [6.07, 6.45) is 7.20. The molecule has 2 aliphatic rings. The molecule has 266 valence electrons. The van der Waals surface area contributed by atoms with E-state index >= 15 is 0 Å². The molecular formula is C36H44N6O7S. The predicted octanol–water partition coefficient (Wildman–Crippen LogP) is 5.28. The number of aliphatic carboxylic acids is 1. The van der Waals surface area contributed by atoms with Crippen LogP contribution < -0.4 is 15.4 Å². The number of fused-ring (bicyclic) bond motifs is 1. The van der Waals surface area contributed by atoms with Gasteiger partial charge in [0.05, 0.1) is 12.1 Å². The first-order chi connectivity index (χ1) is 23.8. The second-order valence-corrected chi connectivity index (χ2v) is 14.5. The number of likely N-dealkylation sites (tertiary alicyclic amines) is 1. The number of carbonyl (C=O) groups excluding carboxylic acids is 3. The Balaban J connectivity index is 1.44. The number of nitrogens with zero attached hydrogens (tertiary/aromatic N) is 4. The molecule has 0 bridgehead atoms. The topological polar surface area (TPSA) is 173 Å². The highest BCUT2D eigenvalue weighted by Gasteiger charge is 2.61. The van der Waals surface area contributed by atoms with Crippen LogP contribution >= 0.6 is 11.3 Å². The first-order valence-corrected chi connectivity index (χ1v) is 17.7. The van der Waals surface area contributed by atoms with E-state index in [1.165, 1.54) is 22.3 Å². The Labute approximate surface area is 295 Å². The van der Waals surface area contributed by atoms with E-state index in [1.807, 2.05) is 23.6 Å². The summed E-state index contributed by atoms with van der Waals surface area (Å²) in [5, 5.41) is 17.3. The highest BCUT2D eigenvalue weighted by molar-refractivity contribution is 7.17. The number of amides is 3. The number of carbonyl (C=O) groups is 4. The number of allylic oxidation sites excluding steroid dienone is 1. The Morgan fingerprint density at radius 3 is 2.62 bits per heavy atom. The third-order valence-electron chi connectivity index (χ3n) is 8.71. The van der Waals surface area contributed by atoms with E-state index in [0.29, 0.717) is 34.6 Å². The number of pyridine rings is 1. The largest absolute Gasteiger partial charge is 0.479 e. The Morgan fingerprint density at radius 1 is 1.16 bits per heavy atom. The van der Waals surface area contributed by atoms with Gasteiger partial charge in [0, 0.05) is 18.5 Å². The summed E-state index contributed by atoms with van der Waals surface area (Å²) >= 11 is 1.40. The molecule has 3 aromatic heterocycles. The lowest BCUT2D eigenvalue weighted by Gasteiger charge is -2.30. The van der Waals surface area contributed by atoms with Crippen molar-refractivity contribution >= 4 is 45.4 Å². The summed E-state index contributed by atoms with van der Waals surface area (Å²) in [6.45, 7) is 12.6. The molecule has 1 aliphatic heterocycles. The predicted molar refractivity (Wildman–Crippen MR) is 188 cm³/mol. The molecule has 0 radical (unpaired) electrons. The number of aromatic nitrogens is 3. The van der Waals surface area contributed by atoms with Crippen LogP contribution in [0, 0.1) is 5.92 Å². The van der Waals surface area contributed by atoms with Gasteiger partial charge in [-0.25, -0.2) is 14.6 Å². The number of thiophene rings is 1. The molecule has 50 heavy (non-hydrogen) atoms. The first kappa shape index (κ1) is 36.4. The van der Waals surface area contributed by atoms with E-state index in [0.717, 1.165) is 19.3 Å². The van der Waals surface area contributed by atoms with Crippen LogP contribution in [0.15, 0.2) is 61.2 Å². The van der Waals surface area contributed by atoms with Crippen molar-refractivity contribution in [3.05, 3.63) is 61.2 Å². The van der Waals surface area contributed by atoms with Gasteiger partial charge in [-0.3, -0.25) is 14.6 Å². The molecule has 5 rings (SSSR count). The van der Waals surface area contributed by atoms with Gasteiger partial charge in [-0.1, -0.05) is 31.1 Å². The summed E-state index contributed by atoms with van der Waals surface area (Å²) in [5.41, 5.74) is -1.09. The zero-order valence-electron chi connectivity index (χ0n) is 28.6. The molecule has 2 fully saturated rings. The van der Waals surface area contributed by atoms with Gasteiger partial charge in [0.2, 0.25) is 17.7 Å². The maximum Gasteiger partial charge on any atom is 0.408 e. The molecule has 3 amide bonds. The maximum atomic E-state index is 14.4. The summed E-state index contributed by atoms with van der Waals surface area (Å²) in [7, 11) is 0. The number of unbranched alkanes of at least 4 members (excludes halogenated alkanes) is 3. The van der Waals surface area contributed by atoms with Gasteiger partial charge < -0.3 is 30.1 Å². The number of rotatable bonds is 15. The average Bonchev–Trinajstić information content (AvgIpc) is 3.36. The molecule has 5 atom stereocenters. The lowest BCUT2D eigenvalue weighted by molar-refractivity contribution is -0.145. The van der Waals surface area contributed by atoms with Crippen LogP contribution in [0.4, 0.5) is 4.79 Å². The molecule has 1 saturated carbocycles. The number of ether oxygens (including phenoxy) is 2. The normalized spacial score (nSPS) is 22.0. The molecule has 1 saturated heterocycles. The fraction of sp³-hybridized carbons (Fsp3) is 0.472. The summed E-state index contributed by atoms with van der Waals surface area (Å²) in [6, 6.07) is 5.16. The monoisotopic (exact) mass is 704 g/mol. The van der Waals surface area contributed by atoms with Gasteiger partial charge in [0.15, 0.2) is 5.82 Å². The molecule has 3 N–H and O–H groups in total. The third-order valence-corrected chi connectivity index (χ3v) is 9.60. The van der Waals surface area contributed by atoms with Gasteiger partial charge in [0.25, 0.3) is 0 Å². The number of carboxylic acids is 1. The quantitative estimate of drug-likeness (QED) is 0.140. The Bertz CT molecular complexity index is 1740. The molecular weight excluding hydrogens is 660 g/mol. The minimum atomic E-state index is -1.50. The minimum absolute atomic E-state index is 0.0133. The van der Waals surface area contributed by atoms with Crippen molar-refractivity contribution in [1.29, 1.82) is 0 Å². The molecule has 0 aromatic carbocycles. The Kier molecular flexibility index (Phi) is 11.2. The summed E-state index contributed by atoms with van der Waals surface area (Å²) in [5.74, 6) is -2.10. The van der Waals surface area contributed by atoms with Gasteiger partial charge in [-0.05, 0) is 70.0 Å². The second-order valence-electron chi connectivity index (χ2n) is 13.6. The first-order valence-electron chi connectivity index (χ1n) is 16.8. The van der Waals surface area contributed by atoms with Gasteiger partial charge in [-0.15, -0.1) is 24.5 Å². The van der Waals surface area contributed by atoms with E-state index in [9.17, 15) is 24.3 Å². The third kappa shape index (κ3) is 8.47. The van der Waals surface area contributed by atoms with E-state index in [2.05, 4.69) is 38.7 Å². The van der Waals surface area contributed by atoms with Crippen molar-refractivity contribution in [2.24, 2.45) is 5.92 Å². The van der Waals surface area contributed by atoms with Crippen LogP contribution in [-0.4, -0.2) is 84.7 Å². The van der Waals surface area contributed by atoms with Crippen LogP contribution in [0.2, 0.25) is 0 Å². The minimum Gasteiger partial charge on any atom is -0.479 e. The van der Waals surface area contributed by atoms with E-state index < -0.39 is 59.1 Å². The van der Waals surface area contributed by atoms with Crippen molar-refractivity contribution in [2.75, 3.05) is 6.54 Å². The molecule has 0 spiro atoms. The highest BCUT2D eigenvalue weighted by atomic mass is 32.1. The van der Waals surface area contributed by atoms with Crippen LogP contribution in [0.5, 0.6) is 5.88 Å². The van der Waals surface area contributed by atoms with Crippen molar-refractivity contribution in [3.63, 3.8) is 0 Å². The van der Waals surface area contributed by atoms with E-state index in [-0.39, 0.29) is 25.3 Å². The van der Waals surface area contributed by atoms with E-state index in [4.69, 9.17) is 9.47 Å². The van der Waals surface area contributed by atoms with Crippen LogP contribution in [0.1, 0.15) is 65.7 Å². The fourth-order valence-electron chi connectivity index (χ4n) is 6.10. The molecule has 1 aliphatic carbocycles. The SMILES string of the molecule is C=CCCCCC[C@H](NC(=O)OC(C)(C)C)C(=O)N1C[C@H](Oc2nc(-c3ccccn3)nc3ccsc23)C[C@@H]1C(=O)N[C@]1(C(=O)O)C[C@H]1C=C. The average molecular weight is 705 g/mol. The second kappa shape index (κ2) is 15.4.